The maximum Gasteiger partial charge on any atom is 0.128 e. The van der Waals surface area contributed by atoms with Crippen molar-refractivity contribution in [2.45, 2.75) is 25.9 Å². The van der Waals surface area contributed by atoms with Crippen molar-refractivity contribution in [2.24, 2.45) is 11.7 Å². The number of rotatable bonds is 7. The van der Waals surface area contributed by atoms with Crippen molar-refractivity contribution in [2.75, 3.05) is 20.8 Å². The zero-order valence-corrected chi connectivity index (χ0v) is 11.3. The lowest BCUT2D eigenvalue weighted by Gasteiger charge is -2.23. The van der Waals surface area contributed by atoms with Crippen LogP contribution in [0.4, 0.5) is 0 Å². The van der Waals surface area contributed by atoms with Crippen LogP contribution in [-0.4, -0.2) is 25.9 Å². The predicted octanol–water partition coefficient (Wildman–Crippen LogP) is 2.11. The van der Waals surface area contributed by atoms with E-state index in [2.05, 4.69) is 6.92 Å². The Labute approximate surface area is 109 Å². The van der Waals surface area contributed by atoms with Crippen molar-refractivity contribution in [3.05, 3.63) is 23.8 Å². The molecule has 1 aromatic rings. The molecule has 2 atom stereocenters. The van der Waals surface area contributed by atoms with Gasteiger partial charge in [-0.05, 0) is 25.1 Å². The Hall–Kier alpha value is -1.26. The molecular weight excluding hydrogens is 230 g/mol. The van der Waals surface area contributed by atoms with Crippen LogP contribution in [0.1, 0.15) is 31.4 Å². The molecule has 3 N–H and O–H groups in total. The minimum absolute atomic E-state index is 0.0531. The Morgan fingerprint density at radius 3 is 2.50 bits per heavy atom. The molecule has 0 fully saturated rings. The first-order chi connectivity index (χ1) is 8.67. The van der Waals surface area contributed by atoms with Gasteiger partial charge in [-0.3, -0.25) is 0 Å². The summed E-state index contributed by atoms with van der Waals surface area (Å²) < 4.78 is 10.4. The van der Waals surface area contributed by atoms with Crippen molar-refractivity contribution in [3.8, 4) is 11.5 Å². The van der Waals surface area contributed by atoms with Gasteiger partial charge in [0.1, 0.15) is 11.5 Å². The number of aliphatic hydroxyl groups is 1. The van der Waals surface area contributed by atoms with Gasteiger partial charge < -0.3 is 20.3 Å². The molecule has 0 radical (unpaired) electrons. The summed E-state index contributed by atoms with van der Waals surface area (Å²) in [5, 5.41) is 10.4. The van der Waals surface area contributed by atoms with E-state index >= 15 is 0 Å². The Morgan fingerprint density at radius 2 is 2.00 bits per heavy atom. The average Bonchev–Trinajstić information content (AvgIpc) is 2.43. The summed E-state index contributed by atoms with van der Waals surface area (Å²) in [5.74, 6) is 1.40. The fourth-order valence-corrected chi connectivity index (χ4v) is 2.09. The highest BCUT2D eigenvalue weighted by atomic mass is 16.5. The second-order valence-corrected chi connectivity index (χ2v) is 4.34. The minimum atomic E-state index is -0.601. The van der Waals surface area contributed by atoms with Crippen LogP contribution in [0.2, 0.25) is 0 Å². The highest BCUT2D eigenvalue weighted by Gasteiger charge is 2.22. The average molecular weight is 253 g/mol. The monoisotopic (exact) mass is 253 g/mol. The van der Waals surface area contributed by atoms with Gasteiger partial charge in [-0.15, -0.1) is 0 Å². The normalized spacial score (nSPS) is 14.1. The van der Waals surface area contributed by atoms with E-state index in [1.165, 1.54) is 0 Å². The molecule has 0 aliphatic carbocycles. The molecule has 4 nitrogen and oxygen atoms in total. The van der Waals surface area contributed by atoms with E-state index in [4.69, 9.17) is 15.2 Å². The molecule has 0 amide bonds. The van der Waals surface area contributed by atoms with Gasteiger partial charge in [-0.1, -0.05) is 13.3 Å². The molecule has 102 valence electrons. The Morgan fingerprint density at radius 1 is 1.28 bits per heavy atom. The van der Waals surface area contributed by atoms with Gasteiger partial charge in [0.25, 0.3) is 0 Å². The van der Waals surface area contributed by atoms with Gasteiger partial charge in [-0.25, -0.2) is 0 Å². The number of aliphatic hydroxyl groups excluding tert-OH is 1. The number of methoxy groups -OCH3 is 2. The van der Waals surface area contributed by atoms with Crippen LogP contribution in [0, 0.1) is 5.92 Å². The number of benzene rings is 1. The first-order valence-electron chi connectivity index (χ1n) is 6.27. The summed E-state index contributed by atoms with van der Waals surface area (Å²) in [5.41, 5.74) is 6.49. The smallest absolute Gasteiger partial charge is 0.128 e. The number of nitrogens with two attached hydrogens (primary N) is 1. The molecule has 0 saturated heterocycles. The van der Waals surface area contributed by atoms with E-state index in [-0.39, 0.29) is 5.92 Å². The van der Waals surface area contributed by atoms with E-state index in [0.717, 1.165) is 18.4 Å². The maximum atomic E-state index is 10.4. The first kappa shape index (κ1) is 14.8. The van der Waals surface area contributed by atoms with Crippen molar-refractivity contribution >= 4 is 0 Å². The summed E-state index contributed by atoms with van der Waals surface area (Å²) in [4.78, 5) is 0. The molecule has 0 spiro atoms. The van der Waals surface area contributed by atoms with Gasteiger partial charge >= 0.3 is 0 Å². The number of hydrogen-bond donors (Lipinski definition) is 2. The van der Waals surface area contributed by atoms with Crippen LogP contribution < -0.4 is 15.2 Å². The summed E-state index contributed by atoms with van der Waals surface area (Å²) in [7, 11) is 3.19. The van der Waals surface area contributed by atoms with Gasteiger partial charge in [0.2, 0.25) is 0 Å². The van der Waals surface area contributed by atoms with Crippen LogP contribution >= 0.6 is 0 Å². The zero-order valence-electron chi connectivity index (χ0n) is 11.3. The minimum Gasteiger partial charge on any atom is -0.497 e. The van der Waals surface area contributed by atoms with Crippen LogP contribution in [-0.2, 0) is 0 Å². The van der Waals surface area contributed by atoms with Crippen LogP contribution in [0.3, 0.4) is 0 Å². The highest BCUT2D eigenvalue weighted by Crippen LogP contribution is 2.34. The second kappa shape index (κ2) is 7.24. The first-order valence-corrected chi connectivity index (χ1v) is 6.27. The lowest BCUT2D eigenvalue weighted by molar-refractivity contribution is 0.104. The maximum absolute atomic E-state index is 10.4. The topological polar surface area (TPSA) is 64.7 Å². The van der Waals surface area contributed by atoms with Crippen molar-refractivity contribution in [3.63, 3.8) is 0 Å². The van der Waals surface area contributed by atoms with Gasteiger partial charge in [0.05, 0.1) is 20.3 Å². The summed E-state index contributed by atoms with van der Waals surface area (Å²) in [6.45, 7) is 2.55. The van der Waals surface area contributed by atoms with E-state index in [1.807, 2.05) is 12.1 Å². The number of hydrogen-bond acceptors (Lipinski definition) is 4. The molecule has 0 heterocycles. The molecule has 0 saturated carbocycles. The van der Waals surface area contributed by atoms with Crippen LogP contribution in [0.5, 0.6) is 11.5 Å². The molecule has 0 bridgehead atoms. The van der Waals surface area contributed by atoms with E-state index in [1.54, 1.807) is 20.3 Å². The molecule has 0 aromatic heterocycles. The fourth-order valence-electron chi connectivity index (χ4n) is 2.09. The largest absolute Gasteiger partial charge is 0.497 e. The van der Waals surface area contributed by atoms with Crippen molar-refractivity contribution in [1.82, 2.24) is 0 Å². The zero-order chi connectivity index (χ0) is 13.5. The van der Waals surface area contributed by atoms with Crippen molar-refractivity contribution < 1.29 is 14.6 Å². The van der Waals surface area contributed by atoms with Gasteiger partial charge in [0.15, 0.2) is 0 Å². The fraction of sp³-hybridized carbons (Fsp3) is 0.571. The summed E-state index contributed by atoms with van der Waals surface area (Å²) >= 11 is 0. The third-order valence-corrected chi connectivity index (χ3v) is 3.17. The van der Waals surface area contributed by atoms with Crippen LogP contribution in [0.25, 0.3) is 0 Å². The van der Waals surface area contributed by atoms with E-state index in [9.17, 15) is 5.11 Å². The highest BCUT2D eigenvalue weighted by molar-refractivity contribution is 5.42. The predicted molar refractivity (Wildman–Crippen MR) is 72.0 cm³/mol. The van der Waals surface area contributed by atoms with Crippen LogP contribution in [0.15, 0.2) is 18.2 Å². The third kappa shape index (κ3) is 3.37. The molecule has 4 heteroatoms. The Bertz CT molecular complexity index is 368. The summed E-state index contributed by atoms with van der Waals surface area (Å²) in [6, 6.07) is 5.43. The molecular formula is C14H23NO3. The van der Waals surface area contributed by atoms with Gasteiger partial charge in [-0.2, -0.15) is 0 Å². The summed E-state index contributed by atoms with van der Waals surface area (Å²) in [6.07, 6.45) is 1.29. The SMILES string of the molecule is CCCC(CN)C(O)c1ccc(OC)cc1OC. The van der Waals surface area contributed by atoms with Gasteiger partial charge in [0, 0.05) is 17.5 Å². The van der Waals surface area contributed by atoms with E-state index < -0.39 is 6.10 Å². The molecule has 0 aliphatic rings. The second-order valence-electron chi connectivity index (χ2n) is 4.34. The molecule has 1 aromatic carbocycles. The van der Waals surface area contributed by atoms with Crippen molar-refractivity contribution in [1.29, 1.82) is 0 Å². The molecule has 2 unspecified atom stereocenters. The molecule has 0 aliphatic heterocycles. The molecule has 18 heavy (non-hydrogen) atoms. The lowest BCUT2D eigenvalue weighted by Crippen LogP contribution is -2.22. The number of ether oxygens (including phenoxy) is 2. The standard InChI is InChI=1S/C14H23NO3/c1-4-5-10(9-15)14(16)12-7-6-11(17-2)8-13(12)18-3/h6-8,10,14,16H,4-5,9,15H2,1-3H3. The Balaban J connectivity index is 2.99. The lowest BCUT2D eigenvalue weighted by atomic mass is 9.91. The third-order valence-electron chi connectivity index (χ3n) is 3.17. The Kier molecular flexibility index (Phi) is 5.95. The van der Waals surface area contributed by atoms with E-state index in [0.29, 0.717) is 18.0 Å². The quantitative estimate of drug-likeness (QED) is 0.781. The molecule has 1 rings (SSSR count).